The van der Waals surface area contributed by atoms with Crippen molar-refractivity contribution in [3.63, 3.8) is 0 Å². The third-order valence-electron chi connectivity index (χ3n) is 8.29. The zero-order chi connectivity index (χ0) is 34.7. The van der Waals surface area contributed by atoms with Gasteiger partial charge >= 0.3 is 18.0 Å². The zero-order valence-corrected chi connectivity index (χ0v) is 28.2. The number of alkyl carbamates (subject to hydrolysis) is 1. The molecule has 0 aromatic heterocycles. The van der Waals surface area contributed by atoms with E-state index in [1.54, 1.807) is 65.8 Å². The predicted molar refractivity (Wildman–Crippen MR) is 170 cm³/mol. The number of aliphatic hydroxyl groups excluding tert-OH is 1. The number of halogens is 2. The molecule has 3 amide bonds. The van der Waals surface area contributed by atoms with Gasteiger partial charge in [-0.1, -0.05) is 96.6 Å². The van der Waals surface area contributed by atoms with E-state index in [2.05, 4.69) is 16.0 Å². The largest absolute Gasteiger partial charge is 0.459 e. The van der Waals surface area contributed by atoms with Crippen LogP contribution in [0.15, 0.2) is 30.3 Å². The van der Waals surface area contributed by atoms with Crippen LogP contribution in [0.3, 0.4) is 0 Å². The summed E-state index contributed by atoms with van der Waals surface area (Å²) in [5.41, 5.74) is -0.162. The second-order valence-electron chi connectivity index (χ2n) is 13.7. The summed E-state index contributed by atoms with van der Waals surface area (Å²) in [6, 6.07) is 4.94. The highest BCUT2D eigenvalue weighted by Gasteiger charge is 2.52. The third-order valence-corrected chi connectivity index (χ3v) is 8.29. The van der Waals surface area contributed by atoms with Crippen molar-refractivity contribution in [2.45, 2.75) is 136 Å². The van der Waals surface area contributed by atoms with Crippen molar-refractivity contribution < 1.29 is 42.5 Å². The molecular formula is C34H53F2N3O7. The van der Waals surface area contributed by atoms with Crippen molar-refractivity contribution in [1.29, 1.82) is 0 Å². The molecule has 0 radical (unpaired) electrons. The Bertz CT molecular complexity index is 1140. The zero-order valence-electron chi connectivity index (χ0n) is 28.2. The molecule has 1 aromatic carbocycles. The summed E-state index contributed by atoms with van der Waals surface area (Å²) in [4.78, 5) is 52.0. The van der Waals surface area contributed by atoms with Crippen LogP contribution in [0.1, 0.15) is 99.0 Å². The third kappa shape index (κ3) is 12.1. The quantitative estimate of drug-likeness (QED) is 0.189. The van der Waals surface area contributed by atoms with Crippen molar-refractivity contribution in [1.82, 2.24) is 16.0 Å². The highest BCUT2D eigenvalue weighted by molar-refractivity contribution is 5.93. The lowest BCUT2D eigenvalue weighted by molar-refractivity contribution is -0.169. The minimum absolute atomic E-state index is 0.0176. The van der Waals surface area contributed by atoms with E-state index in [0.29, 0.717) is 6.42 Å². The topological polar surface area (TPSA) is 143 Å². The molecule has 0 bridgehead atoms. The number of hydrogen-bond acceptors (Lipinski definition) is 7. The van der Waals surface area contributed by atoms with E-state index in [9.17, 15) is 24.3 Å². The molecule has 2 rings (SSSR count). The maximum Gasteiger partial charge on any atom is 0.407 e. The molecule has 0 unspecified atom stereocenters. The molecular weight excluding hydrogens is 600 g/mol. The molecule has 1 aromatic rings. The van der Waals surface area contributed by atoms with Crippen molar-refractivity contribution in [3.8, 4) is 0 Å². The smallest absolute Gasteiger partial charge is 0.407 e. The van der Waals surface area contributed by atoms with Crippen molar-refractivity contribution >= 4 is 23.9 Å². The fourth-order valence-corrected chi connectivity index (χ4v) is 5.40. The molecule has 1 aliphatic rings. The minimum atomic E-state index is -4.38. The second kappa shape index (κ2) is 17.6. The van der Waals surface area contributed by atoms with Gasteiger partial charge in [0.25, 0.3) is 5.91 Å². The first kappa shape index (κ1) is 38.9. The van der Waals surface area contributed by atoms with Crippen LogP contribution in [-0.2, 0) is 30.5 Å². The lowest BCUT2D eigenvalue weighted by Gasteiger charge is -2.34. The molecule has 1 fully saturated rings. The summed E-state index contributed by atoms with van der Waals surface area (Å²) in [7, 11) is 0. The standard InChI is InChI=1S/C34H53F2N3O7/c1-8-22(4)27(30(42)45-20-24-17-13-10-14-18-24)38-29(41)26(21(2)3)39-31(43)34(35,36)28(40)25(19-23-15-11-9-12-16-23)37-32(44)46-33(5,6)7/h10,13-14,17-18,21-23,25-28,40H,8-9,11-12,15-16,19-20H2,1-7H3,(H,37,44)(H,38,41)(H,39,43)/t22-,25-,26-,27-,28+/m0/s1. The van der Waals surface area contributed by atoms with E-state index in [1.165, 1.54) is 0 Å². The van der Waals surface area contributed by atoms with Gasteiger partial charge in [0.05, 0.1) is 6.04 Å². The number of amides is 3. The van der Waals surface area contributed by atoms with Gasteiger partial charge in [-0.3, -0.25) is 9.59 Å². The number of benzene rings is 1. The fourth-order valence-electron chi connectivity index (χ4n) is 5.40. The van der Waals surface area contributed by atoms with E-state index in [4.69, 9.17) is 9.47 Å². The minimum Gasteiger partial charge on any atom is -0.459 e. The summed E-state index contributed by atoms with van der Waals surface area (Å²) in [5, 5.41) is 17.9. The van der Waals surface area contributed by atoms with Gasteiger partial charge in [-0.25, -0.2) is 9.59 Å². The average molecular weight is 654 g/mol. The highest BCUT2D eigenvalue weighted by Crippen LogP contribution is 2.31. The summed E-state index contributed by atoms with van der Waals surface area (Å²) in [6.45, 7) is 11.5. The maximum atomic E-state index is 15.7. The second-order valence-corrected chi connectivity index (χ2v) is 13.7. The fraction of sp³-hybridized carbons (Fsp3) is 0.706. The van der Waals surface area contributed by atoms with Crippen molar-refractivity contribution in [2.24, 2.45) is 17.8 Å². The first-order chi connectivity index (χ1) is 21.5. The first-order valence-electron chi connectivity index (χ1n) is 16.3. The number of carbonyl (C=O) groups excluding carboxylic acids is 4. The molecule has 0 aliphatic heterocycles. The number of aliphatic hydroxyl groups is 1. The molecule has 5 atom stereocenters. The number of esters is 1. The lowest BCUT2D eigenvalue weighted by atomic mass is 9.83. The molecule has 4 N–H and O–H groups in total. The molecule has 0 heterocycles. The van der Waals surface area contributed by atoms with Crippen LogP contribution in [-0.4, -0.2) is 64.7 Å². The average Bonchev–Trinajstić information content (AvgIpc) is 2.99. The van der Waals surface area contributed by atoms with E-state index >= 15 is 8.78 Å². The molecule has 0 saturated heterocycles. The van der Waals surface area contributed by atoms with E-state index < -0.39 is 65.5 Å². The summed E-state index contributed by atoms with van der Waals surface area (Å²) < 4.78 is 42.0. The SMILES string of the molecule is CC[C@H](C)[C@H](NC(=O)[C@@H](NC(=O)C(F)(F)[C@H](O)[C@H](CC1CCCCC1)NC(=O)OC(C)(C)C)C(C)C)C(=O)OCc1ccccc1. The van der Waals surface area contributed by atoms with Crippen LogP contribution in [0.4, 0.5) is 13.6 Å². The van der Waals surface area contributed by atoms with Crippen LogP contribution < -0.4 is 16.0 Å². The van der Waals surface area contributed by atoms with Gasteiger partial charge < -0.3 is 30.5 Å². The maximum absolute atomic E-state index is 15.7. The van der Waals surface area contributed by atoms with Gasteiger partial charge in [-0.05, 0) is 50.5 Å². The Morgan fingerprint density at radius 1 is 0.935 bits per heavy atom. The summed E-state index contributed by atoms with van der Waals surface area (Å²) in [6.07, 6.45) is 1.26. The first-order valence-corrected chi connectivity index (χ1v) is 16.3. The van der Waals surface area contributed by atoms with E-state index in [-0.39, 0.29) is 24.9 Å². The Morgan fingerprint density at radius 2 is 1.54 bits per heavy atom. The van der Waals surface area contributed by atoms with Crippen LogP contribution in [0, 0.1) is 17.8 Å². The van der Waals surface area contributed by atoms with Gasteiger partial charge in [-0.2, -0.15) is 8.78 Å². The number of alkyl halides is 2. The van der Waals surface area contributed by atoms with Gasteiger partial charge in [0.1, 0.15) is 30.4 Å². The summed E-state index contributed by atoms with van der Waals surface area (Å²) in [5.74, 6) is -8.85. The molecule has 0 spiro atoms. The Kier molecular flexibility index (Phi) is 14.9. The Morgan fingerprint density at radius 3 is 2.09 bits per heavy atom. The number of carbonyl (C=O) groups is 4. The highest BCUT2D eigenvalue weighted by atomic mass is 19.3. The predicted octanol–water partition coefficient (Wildman–Crippen LogP) is 5.26. The Hall–Kier alpha value is -3.28. The summed E-state index contributed by atoms with van der Waals surface area (Å²) >= 11 is 0. The number of rotatable bonds is 15. The van der Waals surface area contributed by atoms with Gasteiger partial charge in [0, 0.05) is 0 Å². The van der Waals surface area contributed by atoms with Crippen molar-refractivity contribution in [3.05, 3.63) is 35.9 Å². The van der Waals surface area contributed by atoms with Crippen LogP contribution in [0.2, 0.25) is 0 Å². The van der Waals surface area contributed by atoms with Gasteiger partial charge in [0.2, 0.25) is 5.91 Å². The molecule has 46 heavy (non-hydrogen) atoms. The van der Waals surface area contributed by atoms with Gasteiger partial charge in [0.15, 0.2) is 0 Å². The Balaban J connectivity index is 2.19. The molecule has 260 valence electrons. The Labute approximate surface area is 271 Å². The lowest BCUT2D eigenvalue weighted by Crippen LogP contribution is -2.62. The molecule has 10 nitrogen and oxygen atoms in total. The van der Waals surface area contributed by atoms with Crippen molar-refractivity contribution in [2.75, 3.05) is 0 Å². The van der Waals surface area contributed by atoms with Gasteiger partial charge in [-0.15, -0.1) is 0 Å². The molecule has 1 aliphatic carbocycles. The van der Waals surface area contributed by atoms with Crippen LogP contribution in [0.25, 0.3) is 0 Å². The normalized spacial score (nSPS) is 17.6. The monoisotopic (exact) mass is 653 g/mol. The van der Waals surface area contributed by atoms with E-state index in [0.717, 1.165) is 37.7 Å². The number of hydrogen-bond donors (Lipinski definition) is 4. The number of ether oxygens (including phenoxy) is 2. The molecule has 1 saturated carbocycles. The molecule has 12 heteroatoms. The van der Waals surface area contributed by atoms with E-state index in [1.807, 2.05) is 13.0 Å². The van der Waals surface area contributed by atoms with Crippen LogP contribution in [0.5, 0.6) is 0 Å². The van der Waals surface area contributed by atoms with Crippen LogP contribution >= 0.6 is 0 Å². The number of nitrogens with one attached hydrogen (secondary N) is 3.